The quantitative estimate of drug-likeness (QED) is 0.0261. The van der Waals surface area contributed by atoms with Gasteiger partial charge in [0.25, 0.3) is 0 Å². The summed E-state index contributed by atoms with van der Waals surface area (Å²) < 4.78 is 17.0. The number of ether oxygens (including phenoxy) is 3. The summed E-state index contributed by atoms with van der Waals surface area (Å²) >= 11 is 0. The first-order valence-corrected chi connectivity index (χ1v) is 33.3. The van der Waals surface area contributed by atoms with Crippen LogP contribution in [0.15, 0.2) is 24.3 Å². The summed E-state index contributed by atoms with van der Waals surface area (Å²) in [5.74, 6) is -0.836. The van der Waals surface area contributed by atoms with Gasteiger partial charge >= 0.3 is 17.9 Å². The topological polar surface area (TPSA) is 78.9 Å². The summed E-state index contributed by atoms with van der Waals surface area (Å²) in [6, 6.07) is 0. The van der Waals surface area contributed by atoms with Crippen LogP contribution >= 0.6 is 0 Å². The molecule has 0 amide bonds. The van der Waals surface area contributed by atoms with Crippen LogP contribution in [0.4, 0.5) is 0 Å². The minimum Gasteiger partial charge on any atom is -0.462 e. The van der Waals surface area contributed by atoms with E-state index >= 15 is 0 Å². The normalized spacial score (nSPS) is 12.1. The molecule has 0 bridgehead atoms. The van der Waals surface area contributed by atoms with Gasteiger partial charge in [0.05, 0.1) is 0 Å². The first-order chi connectivity index (χ1) is 36.5. The Hall–Kier alpha value is -2.11. The Kier molecular flexibility index (Phi) is 61.6. The zero-order chi connectivity index (χ0) is 53.6. The van der Waals surface area contributed by atoms with Gasteiger partial charge in [-0.15, -0.1) is 0 Å². The van der Waals surface area contributed by atoms with Gasteiger partial charge in [0.15, 0.2) is 6.10 Å². The van der Waals surface area contributed by atoms with Gasteiger partial charge in [-0.1, -0.05) is 328 Å². The Bertz CT molecular complexity index is 1190. The van der Waals surface area contributed by atoms with Crippen molar-refractivity contribution in [2.45, 2.75) is 380 Å². The molecule has 0 aliphatic rings. The summed E-state index contributed by atoms with van der Waals surface area (Å²) in [5, 5.41) is 0. The van der Waals surface area contributed by atoms with Crippen LogP contribution in [0.5, 0.6) is 0 Å². The highest BCUT2D eigenvalue weighted by Gasteiger charge is 2.19. The van der Waals surface area contributed by atoms with Crippen LogP contribution in [-0.2, 0) is 28.6 Å². The number of allylic oxidation sites excluding steroid dienone is 4. The molecule has 6 nitrogen and oxygen atoms in total. The molecule has 0 rings (SSSR count). The highest BCUT2D eigenvalue weighted by molar-refractivity contribution is 5.71. The van der Waals surface area contributed by atoms with Gasteiger partial charge in [-0.25, -0.2) is 0 Å². The molecule has 0 saturated heterocycles. The van der Waals surface area contributed by atoms with Gasteiger partial charge in [-0.3, -0.25) is 14.4 Å². The fourth-order valence-corrected chi connectivity index (χ4v) is 10.2. The summed E-state index contributed by atoms with van der Waals surface area (Å²) in [6.45, 7) is 6.71. The number of hydrogen-bond acceptors (Lipinski definition) is 6. The molecule has 0 aliphatic carbocycles. The Morgan fingerprint density at radius 1 is 0.270 bits per heavy atom. The van der Waals surface area contributed by atoms with E-state index in [0.717, 1.165) is 64.2 Å². The average molecular weight is 1040 g/mol. The molecule has 6 heteroatoms. The number of carbonyl (C=O) groups is 3. The van der Waals surface area contributed by atoms with Gasteiger partial charge < -0.3 is 14.2 Å². The number of unbranched alkanes of at least 4 members (excludes halogenated alkanes) is 47. The first kappa shape index (κ1) is 71.9. The van der Waals surface area contributed by atoms with Crippen molar-refractivity contribution < 1.29 is 28.6 Å². The Morgan fingerprint density at radius 2 is 0.486 bits per heavy atom. The number of esters is 3. The summed E-state index contributed by atoms with van der Waals surface area (Å²) in [6.07, 6.45) is 76.1. The average Bonchev–Trinajstić information content (AvgIpc) is 3.40. The maximum Gasteiger partial charge on any atom is 0.306 e. The maximum absolute atomic E-state index is 12.9. The lowest BCUT2D eigenvalue weighted by atomic mass is 10.0. The summed E-state index contributed by atoms with van der Waals surface area (Å²) in [7, 11) is 0. The molecule has 0 aromatic rings. The Morgan fingerprint density at radius 3 is 0.743 bits per heavy atom. The molecule has 0 heterocycles. The molecule has 74 heavy (non-hydrogen) atoms. The molecule has 1 atom stereocenters. The molecule has 436 valence electrons. The monoisotopic (exact) mass is 1040 g/mol. The van der Waals surface area contributed by atoms with E-state index in [1.165, 1.54) is 270 Å². The number of rotatable bonds is 62. The van der Waals surface area contributed by atoms with E-state index < -0.39 is 6.10 Å². The molecular weight excluding hydrogens is 913 g/mol. The standard InChI is InChI=1S/C68H128O6/c1-4-7-10-13-16-19-22-25-28-31-32-33-34-35-36-38-40-43-46-49-52-55-58-61-67(70)73-64-65(63-72-66(69)60-57-54-51-48-45-42-39-30-27-24-21-18-15-12-9-6-3)74-68(71)62-59-56-53-50-47-44-41-37-29-26-23-20-17-14-11-8-5-2/h22,25,31-32,65H,4-21,23-24,26-30,33-64H2,1-3H3/b25-22-,32-31-. The second-order valence-corrected chi connectivity index (χ2v) is 22.7. The minimum atomic E-state index is -0.768. The second kappa shape index (κ2) is 63.4. The molecule has 0 N–H and O–H groups in total. The van der Waals surface area contributed by atoms with Gasteiger partial charge in [0.2, 0.25) is 0 Å². The van der Waals surface area contributed by atoms with Crippen molar-refractivity contribution in [2.75, 3.05) is 13.2 Å². The summed E-state index contributed by atoms with van der Waals surface area (Å²) in [4.78, 5) is 38.4. The molecule has 0 aromatic carbocycles. The fourth-order valence-electron chi connectivity index (χ4n) is 10.2. The van der Waals surface area contributed by atoms with Crippen LogP contribution < -0.4 is 0 Å². The Labute approximate surface area is 462 Å². The zero-order valence-electron chi connectivity index (χ0n) is 50.1. The predicted octanol–water partition coefficient (Wildman–Crippen LogP) is 22.6. The van der Waals surface area contributed by atoms with Gasteiger partial charge in [-0.05, 0) is 51.4 Å². The molecule has 0 radical (unpaired) electrons. The molecule has 0 saturated carbocycles. The van der Waals surface area contributed by atoms with Crippen molar-refractivity contribution in [1.29, 1.82) is 0 Å². The predicted molar refractivity (Wildman–Crippen MR) is 321 cm³/mol. The molecule has 1 unspecified atom stereocenters. The molecular formula is C68H128O6. The molecule has 0 aliphatic heterocycles. The third-order valence-electron chi connectivity index (χ3n) is 15.2. The lowest BCUT2D eigenvalue weighted by Gasteiger charge is -2.18. The zero-order valence-corrected chi connectivity index (χ0v) is 50.1. The number of carbonyl (C=O) groups excluding carboxylic acids is 3. The Balaban J connectivity index is 4.28. The molecule has 0 fully saturated rings. The van der Waals surface area contributed by atoms with Crippen molar-refractivity contribution in [3.8, 4) is 0 Å². The van der Waals surface area contributed by atoms with Crippen molar-refractivity contribution in [3.05, 3.63) is 24.3 Å². The van der Waals surface area contributed by atoms with E-state index in [0.29, 0.717) is 19.3 Å². The van der Waals surface area contributed by atoms with E-state index in [4.69, 9.17) is 14.2 Å². The molecule has 0 spiro atoms. The largest absolute Gasteiger partial charge is 0.462 e. The van der Waals surface area contributed by atoms with Crippen LogP contribution in [0.2, 0.25) is 0 Å². The van der Waals surface area contributed by atoms with Crippen molar-refractivity contribution >= 4 is 17.9 Å². The highest BCUT2D eigenvalue weighted by Crippen LogP contribution is 2.18. The molecule has 0 aromatic heterocycles. The minimum absolute atomic E-state index is 0.0649. The van der Waals surface area contributed by atoms with Crippen LogP contribution in [-0.4, -0.2) is 37.2 Å². The van der Waals surface area contributed by atoms with E-state index in [1.807, 2.05) is 0 Å². The van der Waals surface area contributed by atoms with E-state index in [2.05, 4.69) is 45.1 Å². The van der Waals surface area contributed by atoms with Gasteiger partial charge in [0.1, 0.15) is 13.2 Å². The van der Waals surface area contributed by atoms with Crippen molar-refractivity contribution in [3.63, 3.8) is 0 Å². The van der Waals surface area contributed by atoms with E-state index in [1.54, 1.807) is 0 Å². The van der Waals surface area contributed by atoms with Crippen LogP contribution in [0.25, 0.3) is 0 Å². The van der Waals surface area contributed by atoms with Crippen LogP contribution in [0, 0.1) is 0 Å². The fraction of sp³-hybridized carbons (Fsp3) is 0.897. The van der Waals surface area contributed by atoms with Gasteiger partial charge in [0, 0.05) is 19.3 Å². The maximum atomic E-state index is 12.9. The first-order valence-electron chi connectivity index (χ1n) is 33.3. The smallest absolute Gasteiger partial charge is 0.306 e. The van der Waals surface area contributed by atoms with Crippen LogP contribution in [0.3, 0.4) is 0 Å². The van der Waals surface area contributed by atoms with Crippen LogP contribution in [0.1, 0.15) is 374 Å². The lowest BCUT2D eigenvalue weighted by Crippen LogP contribution is -2.30. The number of hydrogen-bond donors (Lipinski definition) is 0. The third kappa shape index (κ3) is 60.8. The van der Waals surface area contributed by atoms with Gasteiger partial charge in [-0.2, -0.15) is 0 Å². The third-order valence-corrected chi connectivity index (χ3v) is 15.2. The van der Waals surface area contributed by atoms with Crippen molar-refractivity contribution in [2.24, 2.45) is 0 Å². The van der Waals surface area contributed by atoms with Crippen molar-refractivity contribution in [1.82, 2.24) is 0 Å². The summed E-state index contributed by atoms with van der Waals surface area (Å²) in [5.41, 5.74) is 0. The second-order valence-electron chi connectivity index (χ2n) is 22.7. The lowest BCUT2D eigenvalue weighted by molar-refractivity contribution is -0.167. The van der Waals surface area contributed by atoms with E-state index in [9.17, 15) is 14.4 Å². The highest BCUT2D eigenvalue weighted by atomic mass is 16.6. The van der Waals surface area contributed by atoms with E-state index in [-0.39, 0.29) is 31.1 Å². The SMILES string of the molecule is CCCCCCC/C=C\C/C=C\CCCCCCCCCCCCCC(=O)OCC(COC(=O)CCCCCCCCCCCCCCCCCC)OC(=O)CCCCCCCCCCCCCCCCCCC.